The summed E-state index contributed by atoms with van der Waals surface area (Å²) in [6, 6.07) is 9.26. The Labute approximate surface area is 197 Å². The molecule has 1 aromatic heterocycles. The van der Waals surface area contributed by atoms with Gasteiger partial charge in [-0.1, -0.05) is 29.4 Å². The Bertz CT molecular complexity index is 1060. The van der Waals surface area contributed by atoms with E-state index in [1.807, 2.05) is 24.3 Å². The normalized spacial score (nSPS) is 16.4. The van der Waals surface area contributed by atoms with Gasteiger partial charge in [0, 0.05) is 0 Å². The minimum Gasteiger partial charge on any atom is -0.376 e. The summed E-state index contributed by atoms with van der Waals surface area (Å²) in [4.78, 5) is 4.06. The van der Waals surface area contributed by atoms with Crippen molar-refractivity contribution in [1.29, 1.82) is 0 Å². The molecule has 2 heterocycles. The van der Waals surface area contributed by atoms with E-state index in [1.165, 1.54) is 5.56 Å². The van der Waals surface area contributed by atoms with Crippen molar-refractivity contribution in [3.8, 4) is 0 Å². The molecule has 0 radical (unpaired) electrons. The van der Waals surface area contributed by atoms with Gasteiger partial charge in [0.05, 0.1) is 30.3 Å². The second kappa shape index (κ2) is 10.4. The van der Waals surface area contributed by atoms with Crippen molar-refractivity contribution in [2.45, 2.75) is 43.6 Å². The van der Waals surface area contributed by atoms with Crippen molar-refractivity contribution in [3.63, 3.8) is 0 Å². The van der Waals surface area contributed by atoms with Crippen LogP contribution >= 0.6 is 0 Å². The molecule has 1 atom stereocenters. The van der Waals surface area contributed by atoms with E-state index in [2.05, 4.69) is 15.5 Å². The molecule has 0 bridgehead atoms. The third-order valence-corrected chi connectivity index (χ3v) is 6.04. The third-order valence-electron chi connectivity index (χ3n) is 6.04. The number of hydrogen-bond donors (Lipinski definition) is 1. The number of ether oxygens (including phenoxy) is 1. The maximum absolute atomic E-state index is 13.1. The highest BCUT2D eigenvalue weighted by molar-refractivity contribution is 5.34. The predicted molar refractivity (Wildman–Crippen MR) is 114 cm³/mol. The first kappa shape index (κ1) is 25.2. The van der Waals surface area contributed by atoms with Crippen LogP contribution in [0.2, 0.25) is 0 Å². The molecule has 1 unspecified atom stereocenters. The van der Waals surface area contributed by atoms with Crippen molar-refractivity contribution in [2.24, 2.45) is 0 Å². The van der Waals surface area contributed by atoms with E-state index >= 15 is 0 Å². The molecule has 1 aliphatic rings. The zero-order valence-corrected chi connectivity index (χ0v) is 18.5. The number of hydrogen-bond acceptors (Lipinski definition) is 5. The van der Waals surface area contributed by atoms with Crippen molar-refractivity contribution in [3.05, 3.63) is 82.5 Å². The summed E-state index contributed by atoms with van der Waals surface area (Å²) < 4.78 is 89.1. The Morgan fingerprint density at radius 1 is 0.943 bits per heavy atom. The fraction of sp³-hybridized carbons (Fsp3) is 0.417. The molecule has 1 N–H and O–H groups in total. The monoisotopic (exact) mass is 499 g/mol. The Balaban J connectivity index is 1.50. The zero-order chi connectivity index (χ0) is 25.1. The lowest BCUT2D eigenvalue weighted by Gasteiger charge is -2.23. The highest BCUT2D eigenvalue weighted by atomic mass is 19.4. The fourth-order valence-corrected chi connectivity index (χ4v) is 4.21. The highest BCUT2D eigenvalue weighted by Gasteiger charge is 2.37. The van der Waals surface area contributed by atoms with Gasteiger partial charge in [-0.2, -0.15) is 31.3 Å². The summed E-state index contributed by atoms with van der Waals surface area (Å²) in [7, 11) is 0. The summed E-state index contributed by atoms with van der Waals surface area (Å²) in [5, 5.41) is 7.18. The fourth-order valence-electron chi connectivity index (χ4n) is 4.21. The lowest BCUT2D eigenvalue weighted by Crippen LogP contribution is -2.26. The van der Waals surface area contributed by atoms with E-state index in [4.69, 9.17) is 9.26 Å². The van der Waals surface area contributed by atoms with Crippen molar-refractivity contribution < 1.29 is 35.6 Å². The van der Waals surface area contributed by atoms with Crippen LogP contribution in [-0.2, 0) is 23.7 Å². The van der Waals surface area contributed by atoms with E-state index in [9.17, 15) is 26.3 Å². The summed E-state index contributed by atoms with van der Waals surface area (Å²) in [5.74, 6) is 0.247. The van der Waals surface area contributed by atoms with Crippen LogP contribution in [0.15, 0.2) is 53.4 Å². The molecule has 3 aromatic rings. The van der Waals surface area contributed by atoms with Gasteiger partial charge in [-0.05, 0) is 66.7 Å². The molecular weight excluding hydrogens is 476 g/mol. The standard InChI is InChI=1S/C24H23F6N3O2/c25-23(26,27)19-9-15(10-20(11-19)24(28,29)30)12-34-13-21(22-32-14-35-33-22)18-3-1-16(2-4-18)17-5-7-31-8-6-17/h1-4,9-11,14,17,21,31H,5-8,12-13H2. The molecule has 1 fully saturated rings. The van der Waals surface area contributed by atoms with E-state index in [-0.39, 0.29) is 18.2 Å². The van der Waals surface area contributed by atoms with E-state index in [1.54, 1.807) is 0 Å². The molecule has 0 saturated carbocycles. The van der Waals surface area contributed by atoms with Gasteiger partial charge in [0.2, 0.25) is 6.39 Å². The summed E-state index contributed by atoms with van der Waals surface area (Å²) in [5.41, 5.74) is -1.00. The first-order chi connectivity index (χ1) is 16.6. The van der Waals surface area contributed by atoms with Gasteiger partial charge in [-0.15, -0.1) is 0 Å². The molecule has 0 aliphatic carbocycles. The van der Waals surface area contributed by atoms with Gasteiger partial charge in [0.1, 0.15) is 0 Å². The van der Waals surface area contributed by atoms with E-state index in [0.717, 1.165) is 37.9 Å². The minimum absolute atomic E-state index is 0.0656. The summed E-state index contributed by atoms with van der Waals surface area (Å²) in [6.45, 7) is 1.40. The van der Waals surface area contributed by atoms with Crippen LogP contribution in [-0.4, -0.2) is 29.8 Å². The molecule has 1 saturated heterocycles. The molecule has 35 heavy (non-hydrogen) atoms. The van der Waals surface area contributed by atoms with Crippen LogP contribution in [0.5, 0.6) is 0 Å². The third kappa shape index (κ3) is 6.40. The highest BCUT2D eigenvalue weighted by Crippen LogP contribution is 2.36. The molecule has 1 aliphatic heterocycles. The van der Waals surface area contributed by atoms with Crippen LogP contribution in [0.4, 0.5) is 26.3 Å². The second-order valence-corrected chi connectivity index (χ2v) is 8.46. The topological polar surface area (TPSA) is 60.2 Å². The van der Waals surface area contributed by atoms with Crippen molar-refractivity contribution in [2.75, 3.05) is 19.7 Å². The average Bonchev–Trinajstić information content (AvgIpc) is 3.36. The number of alkyl halides is 6. The maximum Gasteiger partial charge on any atom is 0.416 e. The van der Waals surface area contributed by atoms with Gasteiger partial charge >= 0.3 is 12.4 Å². The molecule has 4 rings (SSSR count). The van der Waals surface area contributed by atoms with E-state index < -0.39 is 36.0 Å². The van der Waals surface area contributed by atoms with Crippen LogP contribution in [0, 0.1) is 0 Å². The first-order valence-electron chi connectivity index (χ1n) is 11.0. The van der Waals surface area contributed by atoms with Gasteiger partial charge in [0.15, 0.2) is 5.82 Å². The van der Waals surface area contributed by atoms with Crippen LogP contribution < -0.4 is 5.32 Å². The zero-order valence-electron chi connectivity index (χ0n) is 18.5. The molecule has 11 heteroatoms. The quantitative estimate of drug-likeness (QED) is 0.409. The SMILES string of the molecule is FC(F)(F)c1cc(COCC(c2ccc(C3CCNCC3)cc2)c2ncon2)cc(C(F)(F)F)c1. The first-order valence-corrected chi connectivity index (χ1v) is 11.0. The summed E-state index contributed by atoms with van der Waals surface area (Å²) >= 11 is 0. The molecular formula is C24H23F6N3O2. The minimum atomic E-state index is -4.92. The number of rotatable bonds is 7. The van der Waals surface area contributed by atoms with Gasteiger partial charge in [-0.3, -0.25) is 0 Å². The molecule has 0 spiro atoms. The predicted octanol–water partition coefficient (Wildman–Crippen LogP) is 5.92. The number of piperidine rings is 1. The molecule has 0 amide bonds. The maximum atomic E-state index is 13.1. The Hall–Kier alpha value is -2.92. The second-order valence-electron chi connectivity index (χ2n) is 8.46. The van der Waals surface area contributed by atoms with Gasteiger partial charge in [0.25, 0.3) is 0 Å². The van der Waals surface area contributed by atoms with E-state index in [0.29, 0.717) is 23.9 Å². The van der Waals surface area contributed by atoms with Crippen LogP contribution in [0.25, 0.3) is 0 Å². The average molecular weight is 499 g/mol. The molecule has 5 nitrogen and oxygen atoms in total. The largest absolute Gasteiger partial charge is 0.416 e. The van der Waals surface area contributed by atoms with Crippen molar-refractivity contribution >= 4 is 0 Å². The number of nitrogens with one attached hydrogen (secondary N) is 1. The van der Waals surface area contributed by atoms with Crippen molar-refractivity contribution in [1.82, 2.24) is 15.5 Å². The number of aromatic nitrogens is 2. The Kier molecular flexibility index (Phi) is 7.46. The number of nitrogens with zero attached hydrogens (tertiary/aromatic N) is 2. The molecule has 2 aromatic carbocycles. The Morgan fingerprint density at radius 3 is 2.11 bits per heavy atom. The lowest BCUT2D eigenvalue weighted by atomic mass is 9.88. The van der Waals surface area contributed by atoms with Gasteiger partial charge < -0.3 is 14.6 Å². The smallest absolute Gasteiger partial charge is 0.376 e. The summed E-state index contributed by atoms with van der Waals surface area (Å²) in [6.07, 6.45) is -6.62. The number of benzene rings is 2. The Morgan fingerprint density at radius 2 is 1.57 bits per heavy atom. The number of halogens is 6. The molecule has 188 valence electrons. The van der Waals surface area contributed by atoms with Crippen LogP contribution in [0.3, 0.4) is 0 Å². The van der Waals surface area contributed by atoms with Crippen LogP contribution in [0.1, 0.15) is 58.3 Å². The van der Waals surface area contributed by atoms with Gasteiger partial charge in [-0.25, -0.2) is 0 Å². The lowest BCUT2D eigenvalue weighted by molar-refractivity contribution is -0.143.